The number of morpholine rings is 1. The second-order valence-corrected chi connectivity index (χ2v) is 7.01. The summed E-state index contributed by atoms with van der Waals surface area (Å²) in [6, 6.07) is 6.68. The minimum Gasteiger partial charge on any atom is -0.378 e. The van der Waals surface area contributed by atoms with Gasteiger partial charge in [0, 0.05) is 55.8 Å². The highest BCUT2D eigenvalue weighted by atomic mass is 19.1. The van der Waals surface area contributed by atoms with E-state index in [0.717, 1.165) is 36.6 Å². The monoisotopic (exact) mass is 428 g/mol. The molecule has 1 aliphatic rings. The fraction of sp³-hybridized carbons (Fsp3) is 0.286. The molecule has 0 saturated carbocycles. The van der Waals surface area contributed by atoms with Crippen molar-refractivity contribution in [1.82, 2.24) is 25.4 Å². The van der Waals surface area contributed by atoms with Gasteiger partial charge in [0.25, 0.3) is 0 Å². The predicted molar refractivity (Wildman–Crippen MR) is 110 cm³/mol. The van der Waals surface area contributed by atoms with Crippen molar-refractivity contribution in [2.24, 2.45) is 0 Å². The zero-order chi connectivity index (χ0) is 21.6. The van der Waals surface area contributed by atoms with Gasteiger partial charge < -0.3 is 20.3 Å². The van der Waals surface area contributed by atoms with Crippen LogP contribution in [0.15, 0.2) is 48.9 Å². The summed E-state index contributed by atoms with van der Waals surface area (Å²) in [4.78, 5) is 18.8. The first-order chi connectivity index (χ1) is 15.1. The summed E-state index contributed by atoms with van der Waals surface area (Å²) >= 11 is 0. The summed E-state index contributed by atoms with van der Waals surface area (Å²) in [7, 11) is 0. The fourth-order valence-corrected chi connectivity index (χ4v) is 3.30. The number of nitrogens with one attached hydrogen (secondary N) is 2. The Balaban J connectivity index is 1.31. The molecule has 1 aromatic carbocycles. The SMILES string of the molecule is O=C(NCc1cnn(-c2ccc(F)cc2F)c1)NCc1cccnc1N1CCOCC1. The second-order valence-electron chi connectivity index (χ2n) is 7.01. The van der Waals surface area contributed by atoms with Crippen LogP contribution >= 0.6 is 0 Å². The zero-order valence-corrected chi connectivity index (χ0v) is 16.7. The van der Waals surface area contributed by atoms with Crippen molar-refractivity contribution in [2.75, 3.05) is 31.2 Å². The normalized spacial score (nSPS) is 13.8. The van der Waals surface area contributed by atoms with E-state index >= 15 is 0 Å². The number of urea groups is 1. The van der Waals surface area contributed by atoms with Gasteiger partial charge in [0.2, 0.25) is 0 Å². The summed E-state index contributed by atoms with van der Waals surface area (Å²) in [5.41, 5.74) is 1.72. The molecule has 2 aromatic heterocycles. The molecule has 162 valence electrons. The van der Waals surface area contributed by atoms with Gasteiger partial charge in [0.15, 0.2) is 5.82 Å². The van der Waals surface area contributed by atoms with E-state index in [1.54, 1.807) is 12.4 Å². The van der Waals surface area contributed by atoms with E-state index in [0.29, 0.717) is 25.3 Å². The zero-order valence-electron chi connectivity index (χ0n) is 16.7. The van der Waals surface area contributed by atoms with E-state index in [4.69, 9.17) is 4.74 Å². The van der Waals surface area contributed by atoms with E-state index in [9.17, 15) is 13.6 Å². The number of nitrogens with zero attached hydrogens (tertiary/aromatic N) is 4. The molecular weight excluding hydrogens is 406 g/mol. The number of hydrogen-bond donors (Lipinski definition) is 2. The van der Waals surface area contributed by atoms with Crippen molar-refractivity contribution in [3.63, 3.8) is 0 Å². The van der Waals surface area contributed by atoms with Crippen molar-refractivity contribution in [3.8, 4) is 5.69 Å². The summed E-state index contributed by atoms with van der Waals surface area (Å²) in [6.07, 6.45) is 4.82. The van der Waals surface area contributed by atoms with Crippen molar-refractivity contribution in [1.29, 1.82) is 0 Å². The van der Waals surface area contributed by atoms with Gasteiger partial charge in [-0.2, -0.15) is 5.10 Å². The summed E-state index contributed by atoms with van der Waals surface area (Å²) < 4.78 is 33.6. The molecule has 1 fully saturated rings. The average molecular weight is 428 g/mol. The molecule has 8 nitrogen and oxygen atoms in total. The van der Waals surface area contributed by atoms with Crippen LogP contribution in [0.1, 0.15) is 11.1 Å². The van der Waals surface area contributed by atoms with Crippen molar-refractivity contribution in [3.05, 3.63) is 71.7 Å². The molecule has 2 N–H and O–H groups in total. The van der Waals surface area contributed by atoms with E-state index < -0.39 is 11.6 Å². The maximum Gasteiger partial charge on any atom is 0.315 e. The molecular formula is C21H22F2N6O2. The van der Waals surface area contributed by atoms with Crippen LogP contribution in [-0.4, -0.2) is 47.1 Å². The quantitative estimate of drug-likeness (QED) is 0.630. The summed E-state index contributed by atoms with van der Waals surface area (Å²) in [5.74, 6) is -0.529. The number of halogens is 2. The third-order valence-corrected chi connectivity index (χ3v) is 4.86. The molecule has 0 radical (unpaired) electrons. The maximum absolute atomic E-state index is 13.9. The lowest BCUT2D eigenvalue weighted by Crippen LogP contribution is -2.38. The number of hydrogen-bond acceptors (Lipinski definition) is 5. The first-order valence-corrected chi connectivity index (χ1v) is 9.87. The second kappa shape index (κ2) is 9.52. The van der Waals surface area contributed by atoms with Crippen molar-refractivity contribution in [2.45, 2.75) is 13.1 Å². The van der Waals surface area contributed by atoms with Crippen LogP contribution in [-0.2, 0) is 17.8 Å². The highest BCUT2D eigenvalue weighted by Crippen LogP contribution is 2.18. The lowest BCUT2D eigenvalue weighted by atomic mass is 10.2. The number of anilines is 1. The van der Waals surface area contributed by atoms with Crippen LogP contribution in [0.25, 0.3) is 5.69 Å². The van der Waals surface area contributed by atoms with Gasteiger partial charge in [-0.1, -0.05) is 6.07 Å². The van der Waals surface area contributed by atoms with Crippen LogP contribution in [0.5, 0.6) is 0 Å². The molecule has 10 heteroatoms. The molecule has 1 saturated heterocycles. The van der Waals surface area contributed by atoms with E-state index in [1.165, 1.54) is 16.9 Å². The Kier molecular flexibility index (Phi) is 6.37. The molecule has 0 spiro atoms. The number of amides is 2. The van der Waals surface area contributed by atoms with Crippen molar-refractivity contribution >= 4 is 11.8 Å². The van der Waals surface area contributed by atoms with Gasteiger partial charge in [-0.25, -0.2) is 23.2 Å². The van der Waals surface area contributed by atoms with Crippen molar-refractivity contribution < 1.29 is 18.3 Å². The van der Waals surface area contributed by atoms with E-state index in [2.05, 4.69) is 25.6 Å². The molecule has 31 heavy (non-hydrogen) atoms. The lowest BCUT2D eigenvalue weighted by Gasteiger charge is -2.29. The van der Waals surface area contributed by atoms with Crippen LogP contribution < -0.4 is 15.5 Å². The molecule has 1 aliphatic heterocycles. The van der Waals surface area contributed by atoms with Gasteiger partial charge in [-0.05, 0) is 18.2 Å². The molecule has 2 amide bonds. The van der Waals surface area contributed by atoms with E-state index in [1.807, 2.05) is 12.1 Å². The Morgan fingerprint density at radius 2 is 1.94 bits per heavy atom. The number of aromatic nitrogens is 3. The smallest absolute Gasteiger partial charge is 0.315 e. The molecule has 0 bridgehead atoms. The van der Waals surface area contributed by atoms with E-state index in [-0.39, 0.29) is 18.3 Å². The van der Waals surface area contributed by atoms with Gasteiger partial charge in [-0.15, -0.1) is 0 Å². The maximum atomic E-state index is 13.9. The molecule has 0 atom stereocenters. The van der Waals surface area contributed by atoms with Gasteiger partial charge >= 0.3 is 6.03 Å². The minimum absolute atomic E-state index is 0.129. The molecule has 3 heterocycles. The Morgan fingerprint density at radius 1 is 1.13 bits per heavy atom. The highest BCUT2D eigenvalue weighted by Gasteiger charge is 2.16. The first kappa shape index (κ1) is 20.7. The topological polar surface area (TPSA) is 84.3 Å². The number of carbonyl (C=O) groups excluding carboxylic acids is 1. The Morgan fingerprint density at radius 3 is 2.74 bits per heavy atom. The number of ether oxygens (including phenoxy) is 1. The van der Waals surface area contributed by atoms with Crippen LogP contribution in [0.4, 0.5) is 19.4 Å². The molecule has 4 rings (SSSR count). The van der Waals surface area contributed by atoms with Crippen LogP contribution in [0.3, 0.4) is 0 Å². The number of rotatable bonds is 6. The van der Waals surface area contributed by atoms with Crippen LogP contribution in [0.2, 0.25) is 0 Å². The minimum atomic E-state index is -0.715. The van der Waals surface area contributed by atoms with Gasteiger partial charge in [0.05, 0.1) is 19.4 Å². The first-order valence-electron chi connectivity index (χ1n) is 9.87. The number of pyridine rings is 1. The predicted octanol–water partition coefficient (Wildman–Crippen LogP) is 2.38. The lowest BCUT2D eigenvalue weighted by molar-refractivity contribution is 0.122. The largest absolute Gasteiger partial charge is 0.378 e. The van der Waals surface area contributed by atoms with Gasteiger partial charge in [0.1, 0.15) is 17.3 Å². The average Bonchev–Trinajstić information content (AvgIpc) is 3.26. The molecule has 0 aliphatic carbocycles. The molecule has 0 unspecified atom stereocenters. The standard InChI is InChI=1S/C21H22F2N6O2/c22-17-3-4-19(18(23)10-17)29-14-15(12-27-29)11-25-21(30)26-13-16-2-1-5-24-20(16)28-6-8-31-9-7-28/h1-5,10,12,14H,6-9,11,13H2,(H2,25,26,30). The summed E-state index contributed by atoms with van der Waals surface area (Å²) in [6.45, 7) is 3.35. The Hall–Kier alpha value is -3.53. The third kappa shape index (κ3) is 5.15. The van der Waals surface area contributed by atoms with Gasteiger partial charge in [-0.3, -0.25) is 0 Å². The van der Waals surface area contributed by atoms with Crippen LogP contribution in [0, 0.1) is 11.6 Å². The Labute approximate surface area is 177 Å². The molecule has 3 aromatic rings. The fourth-order valence-electron chi connectivity index (χ4n) is 3.30. The third-order valence-electron chi connectivity index (χ3n) is 4.86. The number of benzene rings is 1. The number of carbonyl (C=O) groups is 1. The highest BCUT2D eigenvalue weighted by molar-refractivity contribution is 5.74. The summed E-state index contributed by atoms with van der Waals surface area (Å²) in [5, 5.41) is 9.64. The Bertz CT molecular complexity index is 1050.